The fourth-order valence-electron chi connectivity index (χ4n) is 1.47. The molecule has 0 radical (unpaired) electrons. The molecule has 2 rings (SSSR count). The Hall–Kier alpha value is -1.48. The molecular formula is C13H17NO2. The number of aldehydes is 1. The molecule has 0 aromatic heterocycles. The molecule has 0 aliphatic carbocycles. The molecule has 0 atom stereocenters. The van der Waals surface area contributed by atoms with Gasteiger partial charge in [-0.1, -0.05) is 36.8 Å². The molecule has 0 spiro atoms. The molecule has 1 fully saturated rings. The van der Waals surface area contributed by atoms with Crippen molar-refractivity contribution in [2.45, 2.75) is 19.3 Å². The first-order valence-corrected chi connectivity index (χ1v) is 5.60. The van der Waals surface area contributed by atoms with E-state index in [1.54, 1.807) is 30.3 Å². The van der Waals surface area contributed by atoms with Crippen LogP contribution in [0.5, 0.6) is 0 Å². The number of hydrogen-bond acceptors (Lipinski definition) is 3. The number of carbonyl (C=O) groups excluding carboxylic acids is 2. The van der Waals surface area contributed by atoms with E-state index in [1.807, 2.05) is 0 Å². The maximum atomic E-state index is 10.6. The average molecular weight is 219 g/mol. The summed E-state index contributed by atoms with van der Waals surface area (Å²) in [5, 5.41) is 3.28. The lowest BCUT2D eigenvalue weighted by Gasteiger charge is -2.08. The Bertz CT molecular complexity index is 306. The van der Waals surface area contributed by atoms with Crippen molar-refractivity contribution in [3.05, 3.63) is 35.9 Å². The molecule has 3 nitrogen and oxygen atoms in total. The molecule has 0 saturated carbocycles. The Balaban J connectivity index is 0.000000181. The Morgan fingerprint density at radius 1 is 1.06 bits per heavy atom. The number of hydrogen-bond donors (Lipinski definition) is 1. The van der Waals surface area contributed by atoms with Gasteiger partial charge in [-0.25, -0.2) is 0 Å². The highest BCUT2D eigenvalue weighted by molar-refractivity contribution is 6.33. The van der Waals surface area contributed by atoms with Gasteiger partial charge in [0.1, 0.15) is 0 Å². The predicted octanol–water partition coefficient (Wildman–Crippen LogP) is 1.83. The first-order valence-electron chi connectivity index (χ1n) is 5.60. The van der Waals surface area contributed by atoms with Crippen LogP contribution in [0.1, 0.15) is 29.6 Å². The van der Waals surface area contributed by atoms with Crippen LogP contribution >= 0.6 is 0 Å². The minimum atomic E-state index is -0.472. The molecule has 1 aromatic rings. The van der Waals surface area contributed by atoms with Crippen molar-refractivity contribution in [1.29, 1.82) is 0 Å². The minimum absolute atomic E-state index is 0.315. The van der Waals surface area contributed by atoms with Crippen molar-refractivity contribution in [3.63, 3.8) is 0 Å². The lowest BCUT2D eigenvalue weighted by molar-refractivity contribution is -0.104. The second kappa shape index (κ2) is 7.77. The minimum Gasteiger partial charge on any atom is -0.317 e. The lowest BCUT2D eigenvalue weighted by atomic mass is 10.1. The third-order valence-corrected chi connectivity index (χ3v) is 2.37. The summed E-state index contributed by atoms with van der Waals surface area (Å²) in [4.78, 5) is 20.6. The highest BCUT2D eigenvalue weighted by atomic mass is 16.2. The van der Waals surface area contributed by atoms with E-state index in [0.29, 0.717) is 11.8 Å². The van der Waals surface area contributed by atoms with E-state index in [2.05, 4.69) is 5.32 Å². The Morgan fingerprint density at radius 3 is 2.06 bits per heavy atom. The largest absolute Gasteiger partial charge is 0.317 e. The summed E-state index contributed by atoms with van der Waals surface area (Å²) in [6, 6.07) is 8.45. The fraction of sp³-hybridized carbons (Fsp3) is 0.385. The van der Waals surface area contributed by atoms with Crippen molar-refractivity contribution in [2.75, 3.05) is 13.1 Å². The van der Waals surface area contributed by atoms with Gasteiger partial charge in [0.25, 0.3) is 0 Å². The quantitative estimate of drug-likeness (QED) is 0.469. The molecule has 3 heteroatoms. The highest BCUT2D eigenvalue weighted by Gasteiger charge is 1.99. The molecule has 0 unspecified atom stereocenters. The van der Waals surface area contributed by atoms with Gasteiger partial charge in [0.15, 0.2) is 6.29 Å². The number of ketones is 1. The molecule has 1 N–H and O–H groups in total. The molecule has 86 valence electrons. The van der Waals surface area contributed by atoms with Crippen molar-refractivity contribution < 1.29 is 9.59 Å². The van der Waals surface area contributed by atoms with Gasteiger partial charge in [-0.3, -0.25) is 9.59 Å². The van der Waals surface area contributed by atoms with E-state index in [9.17, 15) is 9.59 Å². The maximum Gasteiger partial charge on any atom is 0.225 e. The third-order valence-electron chi connectivity index (χ3n) is 2.37. The maximum absolute atomic E-state index is 10.6. The van der Waals surface area contributed by atoms with Crippen molar-refractivity contribution in [2.24, 2.45) is 0 Å². The van der Waals surface area contributed by atoms with Gasteiger partial charge in [-0.15, -0.1) is 0 Å². The fourth-order valence-corrected chi connectivity index (χ4v) is 1.47. The van der Waals surface area contributed by atoms with Gasteiger partial charge >= 0.3 is 0 Å². The molecule has 1 aliphatic heterocycles. The standard InChI is InChI=1S/C8H6O2.C5H11N/c9-6-8(10)7-4-2-1-3-5-7;1-2-4-6-5-3-1/h1-6H;6H,1-5H2. The Kier molecular flexibility index (Phi) is 6.11. The van der Waals surface area contributed by atoms with E-state index in [-0.39, 0.29) is 0 Å². The van der Waals surface area contributed by atoms with Crippen molar-refractivity contribution >= 4 is 12.1 Å². The van der Waals surface area contributed by atoms with Gasteiger partial charge in [-0.2, -0.15) is 0 Å². The van der Waals surface area contributed by atoms with Crippen LogP contribution in [0.3, 0.4) is 0 Å². The molecular weight excluding hydrogens is 202 g/mol. The molecule has 1 heterocycles. The Labute approximate surface area is 95.9 Å². The van der Waals surface area contributed by atoms with Crippen LogP contribution in [-0.2, 0) is 4.79 Å². The van der Waals surface area contributed by atoms with Crippen LogP contribution in [0, 0.1) is 0 Å². The van der Waals surface area contributed by atoms with Crippen LogP contribution < -0.4 is 5.32 Å². The molecule has 0 bridgehead atoms. The number of nitrogens with one attached hydrogen (secondary N) is 1. The molecule has 1 saturated heterocycles. The molecule has 1 aliphatic rings. The Morgan fingerprint density at radius 2 is 1.69 bits per heavy atom. The number of rotatable bonds is 2. The zero-order valence-corrected chi connectivity index (χ0v) is 9.32. The van der Waals surface area contributed by atoms with Crippen LogP contribution in [0.25, 0.3) is 0 Å². The first-order chi connectivity index (χ1) is 7.84. The second-order valence-corrected chi connectivity index (χ2v) is 3.66. The number of carbonyl (C=O) groups is 2. The van der Waals surface area contributed by atoms with Crippen LogP contribution in [-0.4, -0.2) is 25.2 Å². The summed E-state index contributed by atoms with van der Waals surface area (Å²) in [7, 11) is 0. The number of benzene rings is 1. The summed E-state index contributed by atoms with van der Waals surface area (Å²) in [5.41, 5.74) is 0.442. The van der Waals surface area contributed by atoms with E-state index >= 15 is 0 Å². The van der Waals surface area contributed by atoms with Crippen LogP contribution in [0.2, 0.25) is 0 Å². The van der Waals surface area contributed by atoms with Crippen LogP contribution in [0.15, 0.2) is 30.3 Å². The van der Waals surface area contributed by atoms with Gasteiger partial charge < -0.3 is 5.32 Å². The smallest absolute Gasteiger partial charge is 0.225 e. The molecule has 0 amide bonds. The summed E-state index contributed by atoms with van der Waals surface area (Å²) in [6.45, 7) is 2.50. The van der Waals surface area contributed by atoms with Gasteiger partial charge in [0, 0.05) is 5.56 Å². The van der Waals surface area contributed by atoms with E-state index in [0.717, 1.165) is 0 Å². The van der Waals surface area contributed by atoms with Crippen LogP contribution in [0.4, 0.5) is 0 Å². The summed E-state index contributed by atoms with van der Waals surface area (Å²) < 4.78 is 0. The summed E-state index contributed by atoms with van der Waals surface area (Å²) in [6.07, 6.45) is 4.53. The first kappa shape index (κ1) is 12.6. The highest BCUT2D eigenvalue weighted by Crippen LogP contribution is 1.97. The topological polar surface area (TPSA) is 46.2 Å². The monoisotopic (exact) mass is 219 g/mol. The van der Waals surface area contributed by atoms with E-state index in [4.69, 9.17) is 0 Å². The zero-order chi connectivity index (χ0) is 11.6. The molecule has 1 aromatic carbocycles. The van der Waals surface area contributed by atoms with Gasteiger partial charge in [0.2, 0.25) is 5.78 Å². The summed E-state index contributed by atoms with van der Waals surface area (Å²) in [5.74, 6) is -0.472. The van der Waals surface area contributed by atoms with E-state index < -0.39 is 5.78 Å². The number of Topliss-reactive ketones (excluding diaryl/α,β-unsaturated/α-hetero) is 1. The van der Waals surface area contributed by atoms with Crippen molar-refractivity contribution in [1.82, 2.24) is 5.32 Å². The second-order valence-electron chi connectivity index (χ2n) is 3.66. The number of piperidine rings is 1. The summed E-state index contributed by atoms with van der Waals surface area (Å²) >= 11 is 0. The van der Waals surface area contributed by atoms with Gasteiger partial charge in [-0.05, 0) is 25.9 Å². The zero-order valence-electron chi connectivity index (χ0n) is 9.32. The normalized spacial score (nSPS) is 14.5. The van der Waals surface area contributed by atoms with E-state index in [1.165, 1.54) is 32.4 Å². The lowest BCUT2D eigenvalue weighted by Crippen LogP contribution is -2.21. The van der Waals surface area contributed by atoms with Gasteiger partial charge in [0.05, 0.1) is 0 Å². The average Bonchev–Trinajstić information content (AvgIpc) is 2.41. The SMILES string of the molecule is C1CCNCC1.O=CC(=O)c1ccccc1. The third kappa shape index (κ3) is 4.84. The predicted molar refractivity (Wildman–Crippen MR) is 63.6 cm³/mol. The van der Waals surface area contributed by atoms with Crippen molar-refractivity contribution in [3.8, 4) is 0 Å². The molecule has 16 heavy (non-hydrogen) atoms.